The zero-order valence-electron chi connectivity index (χ0n) is 9.37. The van der Waals surface area contributed by atoms with E-state index in [1.807, 2.05) is 6.07 Å². The van der Waals surface area contributed by atoms with Crippen molar-refractivity contribution < 1.29 is 0 Å². The van der Waals surface area contributed by atoms with Crippen LogP contribution >= 0.6 is 27.5 Å². The van der Waals surface area contributed by atoms with E-state index >= 15 is 0 Å². The molecule has 2 aromatic rings. The molecule has 0 bridgehead atoms. The predicted octanol–water partition coefficient (Wildman–Crippen LogP) is 4.42. The number of nitrogens with zero attached hydrogens (tertiary/aromatic N) is 1. The zero-order valence-corrected chi connectivity index (χ0v) is 11.7. The van der Waals surface area contributed by atoms with Crippen LogP contribution in [0, 0.1) is 6.92 Å². The van der Waals surface area contributed by atoms with Crippen molar-refractivity contribution in [3.63, 3.8) is 0 Å². The fourth-order valence-corrected chi connectivity index (χ4v) is 1.88. The number of nitrogens with one attached hydrogen (secondary N) is 1. The maximum Gasteiger partial charge on any atom is 0.143 e. The summed E-state index contributed by atoms with van der Waals surface area (Å²) >= 11 is 9.18. The van der Waals surface area contributed by atoms with E-state index in [-0.39, 0.29) is 0 Å². The molecule has 0 fully saturated rings. The van der Waals surface area contributed by atoms with E-state index < -0.39 is 0 Å². The molecule has 17 heavy (non-hydrogen) atoms. The number of aryl methyl sites for hydroxylation is 1. The fraction of sp³-hybridized carbons (Fsp3) is 0.154. The molecule has 0 aliphatic carbocycles. The SMILES string of the molecule is Cc1ccc(CNc2cnc(Cl)c(Br)c2)cc1. The van der Waals surface area contributed by atoms with Crippen LogP contribution in [0.25, 0.3) is 0 Å². The first-order chi connectivity index (χ1) is 8.15. The second-order valence-electron chi connectivity index (χ2n) is 3.84. The van der Waals surface area contributed by atoms with Gasteiger partial charge in [0.2, 0.25) is 0 Å². The minimum Gasteiger partial charge on any atom is -0.380 e. The predicted molar refractivity (Wildman–Crippen MR) is 75.5 cm³/mol. The first kappa shape index (κ1) is 12.4. The number of anilines is 1. The van der Waals surface area contributed by atoms with Gasteiger partial charge < -0.3 is 5.32 Å². The molecule has 4 heteroatoms. The van der Waals surface area contributed by atoms with Gasteiger partial charge in [-0.2, -0.15) is 0 Å². The first-order valence-corrected chi connectivity index (χ1v) is 6.43. The maximum absolute atomic E-state index is 5.83. The van der Waals surface area contributed by atoms with Crippen molar-refractivity contribution in [3.05, 3.63) is 57.3 Å². The van der Waals surface area contributed by atoms with E-state index in [0.29, 0.717) is 5.15 Å². The van der Waals surface area contributed by atoms with Crippen LogP contribution in [0.5, 0.6) is 0 Å². The van der Waals surface area contributed by atoms with Gasteiger partial charge in [0.1, 0.15) is 5.15 Å². The Morgan fingerprint density at radius 1 is 1.29 bits per heavy atom. The highest BCUT2D eigenvalue weighted by Gasteiger charge is 2.00. The van der Waals surface area contributed by atoms with Crippen LogP contribution in [0.2, 0.25) is 5.15 Å². The fourth-order valence-electron chi connectivity index (χ4n) is 1.43. The Kier molecular flexibility index (Phi) is 4.02. The molecule has 0 amide bonds. The van der Waals surface area contributed by atoms with E-state index in [1.54, 1.807) is 6.20 Å². The van der Waals surface area contributed by atoms with Gasteiger partial charge in [-0.1, -0.05) is 41.4 Å². The minimum absolute atomic E-state index is 0.478. The van der Waals surface area contributed by atoms with Crippen molar-refractivity contribution in [2.24, 2.45) is 0 Å². The Hall–Kier alpha value is -1.06. The Balaban J connectivity index is 2.02. The summed E-state index contributed by atoms with van der Waals surface area (Å²) in [7, 11) is 0. The minimum atomic E-state index is 0.478. The Labute approximate surface area is 114 Å². The number of rotatable bonds is 3. The summed E-state index contributed by atoms with van der Waals surface area (Å²) in [5, 5.41) is 3.77. The summed E-state index contributed by atoms with van der Waals surface area (Å²) in [6.45, 7) is 2.85. The van der Waals surface area contributed by atoms with Gasteiger partial charge in [-0.25, -0.2) is 4.98 Å². The molecular weight excluding hydrogens is 300 g/mol. The molecule has 1 aromatic carbocycles. The first-order valence-electron chi connectivity index (χ1n) is 5.25. The van der Waals surface area contributed by atoms with Crippen LogP contribution in [0.1, 0.15) is 11.1 Å². The lowest BCUT2D eigenvalue weighted by Crippen LogP contribution is -1.99. The van der Waals surface area contributed by atoms with Crippen LogP contribution in [0.3, 0.4) is 0 Å². The molecule has 1 aromatic heterocycles. The van der Waals surface area contributed by atoms with Gasteiger partial charge in [0.15, 0.2) is 0 Å². The highest BCUT2D eigenvalue weighted by molar-refractivity contribution is 9.10. The average Bonchev–Trinajstić information content (AvgIpc) is 2.33. The average molecular weight is 312 g/mol. The molecule has 0 saturated carbocycles. The molecule has 1 N–H and O–H groups in total. The number of pyridine rings is 1. The topological polar surface area (TPSA) is 24.9 Å². The van der Waals surface area contributed by atoms with Crippen molar-refractivity contribution >= 4 is 33.2 Å². The van der Waals surface area contributed by atoms with Crippen molar-refractivity contribution in [2.75, 3.05) is 5.32 Å². The lowest BCUT2D eigenvalue weighted by atomic mass is 10.1. The van der Waals surface area contributed by atoms with Gasteiger partial charge in [0, 0.05) is 6.54 Å². The molecule has 1 heterocycles. The molecule has 2 rings (SSSR count). The second-order valence-corrected chi connectivity index (χ2v) is 5.05. The monoisotopic (exact) mass is 310 g/mol. The van der Waals surface area contributed by atoms with Gasteiger partial charge in [-0.15, -0.1) is 0 Å². The lowest BCUT2D eigenvalue weighted by Gasteiger charge is -2.07. The van der Waals surface area contributed by atoms with E-state index in [1.165, 1.54) is 11.1 Å². The Morgan fingerprint density at radius 3 is 2.65 bits per heavy atom. The summed E-state index contributed by atoms with van der Waals surface area (Å²) in [5.41, 5.74) is 3.45. The third kappa shape index (κ3) is 3.45. The Morgan fingerprint density at radius 2 is 2.00 bits per heavy atom. The van der Waals surface area contributed by atoms with Crippen molar-refractivity contribution in [2.45, 2.75) is 13.5 Å². The van der Waals surface area contributed by atoms with Gasteiger partial charge >= 0.3 is 0 Å². The summed E-state index contributed by atoms with van der Waals surface area (Å²) in [5.74, 6) is 0. The number of benzene rings is 1. The molecule has 0 saturated heterocycles. The molecule has 0 radical (unpaired) electrons. The van der Waals surface area contributed by atoms with Crippen LogP contribution in [0.15, 0.2) is 41.0 Å². The third-order valence-electron chi connectivity index (χ3n) is 2.41. The largest absolute Gasteiger partial charge is 0.380 e. The number of aromatic nitrogens is 1. The summed E-state index contributed by atoms with van der Waals surface area (Å²) in [4.78, 5) is 4.06. The normalized spacial score (nSPS) is 10.3. The quantitative estimate of drug-likeness (QED) is 0.849. The van der Waals surface area contributed by atoms with Gasteiger partial charge in [-0.3, -0.25) is 0 Å². The molecule has 0 unspecified atom stereocenters. The van der Waals surface area contributed by atoms with E-state index in [0.717, 1.165) is 16.7 Å². The van der Waals surface area contributed by atoms with Crippen LogP contribution < -0.4 is 5.32 Å². The summed E-state index contributed by atoms with van der Waals surface area (Å²) in [6, 6.07) is 10.4. The van der Waals surface area contributed by atoms with Crippen LogP contribution in [-0.2, 0) is 6.54 Å². The van der Waals surface area contributed by atoms with Crippen molar-refractivity contribution in [1.82, 2.24) is 4.98 Å². The van der Waals surface area contributed by atoms with E-state index in [9.17, 15) is 0 Å². The molecular formula is C13H12BrClN2. The molecule has 0 aliphatic rings. The van der Waals surface area contributed by atoms with Gasteiger partial charge in [0.05, 0.1) is 16.4 Å². The zero-order chi connectivity index (χ0) is 12.3. The molecule has 88 valence electrons. The highest BCUT2D eigenvalue weighted by Crippen LogP contribution is 2.23. The van der Waals surface area contributed by atoms with Crippen LogP contribution in [0.4, 0.5) is 5.69 Å². The number of hydrogen-bond donors (Lipinski definition) is 1. The Bertz CT molecular complexity index is 511. The summed E-state index contributed by atoms with van der Waals surface area (Å²) in [6.07, 6.45) is 1.72. The molecule has 2 nitrogen and oxygen atoms in total. The second kappa shape index (κ2) is 5.52. The number of hydrogen-bond acceptors (Lipinski definition) is 2. The van der Waals surface area contributed by atoms with E-state index in [2.05, 4.69) is 57.4 Å². The number of halogens is 2. The van der Waals surface area contributed by atoms with Crippen molar-refractivity contribution in [1.29, 1.82) is 0 Å². The molecule has 0 aliphatic heterocycles. The van der Waals surface area contributed by atoms with Gasteiger partial charge in [-0.05, 0) is 34.5 Å². The molecule has 0 spiro atoms. The lowest BCUT2D eigenvalue weighted by molar-refractivity contribution is 1.13. The smallest absolute Gasteiger partial charge is 0.143 e. The highest BCUT2D eigenvalue weighted by atomic mass is 79.9. The van der Waals surface area contributed by atoms with Gasteiger partial charge in [0.25, 0.3) is 0 Å². The van der Waals surface area contributed by atoms with E-state index in [4.69, 9.17) is 11.6 Å². The third-order valence-corrected chi connectivity index (χ3v) is 3.55. The maximum atomic E-state index is 5.83. The standard InChI is InChI=1S/C13H12BrClN2/c1-9-2-4-10(5-3-9)7-16-11-6-12(14)13(15)17-8-11/h2-6,8,16H,7H2,1H3. The van der Waals surface area contributed by atoms with Crippen molar-refractivity contribution in [3.8, 4) is 0 Å². The molecule has 0 atom stereocenters. The summed E-state index contributed by atoms with van der Waals surface area (Å²) < 4.78 is 0.799. The van der Waals surface area contributed by atoms with Crippen LogP contribution in [-0.4, -0.2) is 4.98 Å².